The molecular formula is C24H18N2. The molecule has 0 saturated heterocycles. The Morgan fingerprint density at radius 2 is 1.31 bits per heavy atom. The molecule has 0 unspecified atom stereocenters. The summed E-state index contributed by atoms with van der Waals surface area (Å²) in [5.74, 6) is 0. The largest absolute Gasteiger partial charge is 0.309 e. The van der Waals surface area contributed by atoms with Crippen molar-refractivity contribution in [2.75, 3.05) is 0 Å². The molecule has 124 valence electrons. The number of pyridine rings is 1. The van der Waals surface area contributed by atoms with Crippen LogP contribution < -0.4 is 0 Å². The molecule has 0 spiro atoms. The van der Waals surface area contributed by atoms with Crippen molar-refractivity contribution in [3.8, 4) is 16.9 Å². The zero-order valence-electron chi connectivity index (χ0n) is 14.6. The van der Waals surface area contributed by atoms with Crippen molar-refractivity contribution in [2.24, 2.45) is 0 Å². The van der Waals surface area contributed by atoms with Crippen molar-refractivity contribution in [1.29, 1.82) is 0 Å². The fourth-order valence-electron chi connectivity index (χ4n) is 3.71. The van der Waals surface area contributed by atoms with Crippen LogP contribution in [0.5, 0.6) is 0 Å². The van der Waals surface area contributed by atoms with Crippen molar-refractivity contribution in [2.45, 2.75) is 6.92 Å². The molecule has 0 bridgehead atoms. The first-order valence-electron chi connectivity index (χ1n) is 8.84. The maximum atomic E-state index is 4.68. The summed E-state index contributed by atoms with van der Waals surface area (Å²) in [6.45, 7) is 2.03. The van der Waals surface area contributed by atoms with Gasteiger partial charge >= 0.3 is 0 Å². The summed E-state index contributed by atoms with van der Waals surface area (Å²) in [5.41, 5.74) is 6.78. The van der Waals surface area contributed by atoms with Gasteiger partial charge in [-0.2, -0.15) is 0 Å². The molecule has 5 aromatic rings. The molecule has 0 aliphatic carbocycles. The van der Waals surface area contributed by atoms with Crippen molar-refractivity contribution < 1.29 is 0 Å². The van der Waals surface area contributed by atoms with Gasteiger partial charge in [0.15, 0.2) is 0 Å². The minimum atomic E-state index is 1.01. The molecular weight excluding hydrogens is 316 g/mol. The van der Waals surface area contributed by atoms with Gasteiger partial charge in [-0.1, -0.05) is 54.6 Å². The lowest BCUT2D eigenvalue weighted by atomic mass is 10.1. The Hall–Kier alpha value is -3.39. The fraction of sp³-hybridized carbons (Fsp3) is 0.0417. The van der Waals surface area contributed by atoms with Gasteiger partial charge in [-0.25, -0.2) is 0 Å². The number of aromatic nitrogens is 2. The Kier molecular flexibility index (Phi) is 3.36. The van der Waals surface area contributed by atoms with E-state index in [-0.39, 0.29) is 0 Å². The number of aryl methyl sites for hydroxylation is 1. The van der Waals surface area contributed by atoms with Gasteiger partial charge in [0.05, 0.1) is 16.7 Å². The van der Waals surface area contributed by atoms with Crippen LogP contribution in [0.2, 0.25) is 0 Å². The van der Waals surface area contributed by atoms with Crippen LogP contribution in [0, 0.1) is 6.92 Å². The second kappa shape index (κ2) is 5.85. The van der Waals surface area contributed by atoms with Crippen LogP contribution in [0.1, 0.15) is 5.69 Å². The molecule has 0 aliphatic rings. The second-order valence-electron chi connectivity index (χ2n) is 6.58. The van der Waals surface area contributed by atoms with E-state index in [9.17, 15) is 0 Å². The van der Waals surface area contributed by atoms with Gasteiger partial charge in [-0.15, -0.1) is 0 Å². The van der Waals surface area contributed by atoms with Gasteiger partial charge in [0.1, 0.15) is 0 Å². The van der Waals surface area contributed by atoms with E-state index < -0.39 is 0 Å². The van der Waals surface area contributed by atoms with E-state index in [2.05, 4.69) is 94.5 Å². The minimum absolute atomic E-state index is 1.01. The van der Waals surface area contributed by atoms with Crippen molar-refractivity contribution >= 4 is 21.8 Å². The average Bonchev–Trinajstić information content (AvgIpc) is 3.03. The third kappa shape index (κ3) is 2.31. The number of fused-ring (bicyclic) bond motifs is 3. The first kappa shape index (κ1) is 14.9. The normalized spacial score (nSPS) is 11.3. The first-order chi connectivity index (χ1) is 12.8. The first-order valence-corrected chi connectivity index (χ1v) is 8.84. The highest BCUT2D eigenvalue weighted by molar-refractivity contribution is 6.09. The third-order valence-corrected chi connectivity index (χ3v) is 4.87. The summed E-state index contributed by atoms with van der Waals surface area (Å²) in [6.07, 6.45) is 0. The number of benzene rings is 3. The maximum Gasteiger partial charge on any atom is 0.0705 e. The summed E-state index contributed by atoms with van der Waals surface area (Å²) < 4.78 is 2.34. The van der Waals surface area contributed by atoms with Crippen molar-refractivity contribution in [3.05, 3.63) is 96.7 Å². The number of hydrogen-bond acceptors (Lipinski definition) is 1. The Bertz CT molecular complexity index is 1190. The van der Waals surface area contributed by atoms with Gasteiger partial charge < -0.3 is 4.57 Å². The Balaban J connectivity index is 1.79. The Morgan fingerprint density at radius 3 is 2.00 bits per heavy atom. The molecule has 0 radical (unpaired) electrons. The van der Waals surface area contributed by atoms with Crippen LogP contribution in [0.25, 0.3) is 38.8 Å². The molecule has 2 heterocycles. The van der Waals surface area contributed by atoms with E-state index in [0.29, 0.717) is 0 Å². The summed E-state index contributed by atoms with van der Waals surface area (Å²) in [7, 11) is 0. The molecule has 0 atom stereocenters. The molecule has 3 aromatic carbocycles. The van der Waals surface area contributed by atoms with Gasteiger partial charge in [0.2, 0.25) is 0 Å². The standard InChI is InChI=1S/C24H18N2/c1-17-8-6-13-22(25-17)18-9-7-10-19(16-18)26-23-14-4-2-11-20(23)21-12-3-5-15-24(21)26/h2-16H,1H3. The number of hydrogen-bond donors (Lipinski definition) is 0. The Labute approximate surface area is 152 Å². The van der Waals surface area contributed by atoms with Crippen LogP contribution in [0.15, 0.2) is 91.0 Å². The van der Waals surface area contributed by atoms with Gasteiger partial charge in [0, 0.05) is 27.7 Å². The van der Waals surface area contributed by atoms with E-state index in [1.807, 2.05) is 13.0 Å². The van der Waals surface area contributed by atoms with Crippen LogP contribution in [0.3, 0.4) is 0 Å². The van der Waals surface area contributed by atoms with Crippen LogP contribution >= 0.6 is 0 Å². The monoisotopic (exact) mass is 334 g/mol. The highest BCUT2D eigenvalue weighted by Crippen LogP contribution is 2.32. The minimum Gasteiger partial charge on any atom is -0.309 e. The smallest absolute Gasteiger partial charge is 0.0705 e. The molecule has 0 N–H and O–H groups in total. The van der Waals surface area contributed by atoms with Crippen LogP contribution in [-0.4, -0.2) is 9.55 Å². The summed E-state index contributed by atoms with van der Waals surface area (Å²) >= 11 is 0. The van der Waals surface area contributed by atoms with E-state index in [1.165, 1.54) is 21.8 Å². The van der Waals surface area contributed by atoms with Gasteiger partial charge in [-0.05, 0) is 43.3 Å². The molecule has 26 heavy (non-hydrogen) atoms. The van der Waals surface area contributed by atoms with E-state index in [4.69, 9.17) is 0 Å². The molecule has 0 fully saturated rings. The zero-order chi connectivity index (χ0) is 17.5. The molecule has 5 rings (SSSR count). The number of para-hydroxylation sites is 2. The van der Waals surface area contributed by atoms with Gasteiger partial charge in [-0.3, -0.25) is 4.98 Å². The lowest BCUT2D eigenvalue weighted by molar-refractivity contribution is 1.17. The highest BCUT2D eigenvalue weighted by Gasteiger charge is 2.12. The molecule has 2 nitrogen and oxygen atoms in total. The quantitative estimate of drug-likeness (QED) is 0.378. The highest BCUT2D eigenvalue weighted by atomic mass is 15.0. The third-order valence-electron chi connectivity index (χ3n) is 4.87. The van der Waals surface area contributed by atoms with E-state index in [0.717, 1.165) is 22.6 Å². The predicted octanol–water partition coefficient (Wildman–Crippen LogP) is 6.15. The number of nitrogens with zero attached hydrogens (tertiary/aromatic N) is 2. The molecule has 0 saturated carbocycles. The van der Waals surface area contributed by atoms with E-state index >= 15 is 0 Å². The van der Waals surface area contributed by atoms with Crippen molar-refractivity contribution in [1.82, 2.24) is 9.55 Å². The topological polar surface area (TPSA) is 17.8 Å². The summed E-state index contributed by atoms with van der Waals surface area (Å²) in [4.78, 5) is 4.68. The Morgan fingerprint density at radius 1 is 0.654 bits per heavy atom. The molecule has 0 amide bonds. The summed E-state index contributed by atoms with van der Waals surface area (Å²) in [5, 5.41) is 2.56. The summed E-state index contributed by atoms with van der Waals surface area (Å²) in [6, 6.07) is 31.9. The molecule has 2 aromatic heterocycles. The predicted molar refractivity (Wildman–Crippen MR) is 109 cm³/mol. The molecule has 2 heteroatoms. The second-order valence-corrected chi connectivity index (χ2v) is 6.58. The maximum absolute atomic E-state index is 4.68. The van der Waals surface area contributed by atoms with Crippen molar-refractivity contribution in [3.63, 3.8) is 0 Å². The zero-order valence-corrected chi connectivity index (χ0v) is 14.6. The fourth-order valence-corrected chi connectivity index (χ4v) is 3.71. The molecule has 0 aliphatic heterocycles. The van der Waals surface area contributed by atoms with E-state index in [1.54, 1.807) is 0 Å². The number of rotatable bonds is 2. The lowest BCUT2D eigenvalue weighted by Gasteiger charge is -2.10. The lowest BCUT2D eigenvalue weighted by Crippen LogP contribution is -1.94. The van der Waals surface area contributed by atoms with Gasteiger partial charge in [0.25, 0.3) is 0 Å². The SMILES string of the molecule is Cc1cccc(-c2cccc(-n3c4ccccc4c4ccccc43)c2)n1. The van der Waals surface area contributed by atoms with Crippen LogP contribution in [-0.2, 0) is 0 Å². The van der Waals surface area contributed by atoms with Crippen LogP contribution in [0.4, 0.5) is 0 Å². The average molecular weight is 334 g/mol.